The Labute approximate surface area is 107 Å². The van der Waals surface area contributed by atoms with Crippen molar-refractivity contribution in [3.05, 3.63) is 24.0 Å². The van der Waals surface area contributed by atoms with Gasteiger partial charge < -0.3 is 15.4 Å². The molecule has 2 atom stereocenters. The van der Waals surface area contributed by atoms with Gasteiger partial charge in [0.25, 0.3) is 0 Å². The van der Waals surface area contributed by atoms with Crippen LogP contribution in [0.5, 0.6) is 5.75 Å². The first-order valence-electron chi connectivity index (χ1n) is 6.60. The van der Waals surface area contributed by atoms with Gasteiger partial charge in [-0.2, -0.15) is 0 Å². The fourth-order valence-corrected chi connectivity index (χ4v) is 3.16. The molecule has 1 aromatic rings. The van der Waals surface area contributed by atoms with E-state index in [9.17, 15) is 4.39 Å². The van der Waals surface area contributed by atoms with Crippen LogP contribution in [0.25, 0.3) is 0 Å². The van der Waals surface area contributed by atoms with Crippen molar-refractivity contribution in [2.24, 2.45) is 0 Å². The molecule has 2 aliphatic heterocycles. The smallest absolute Gasteiger partial charge is 0.165 e. The third-order valence-corrected chi connectivity index (χ3v) is 3.99. The molecule has 18 heavy (non-hydrogen) atoms. The minimum atomic E-state index is -0.312. The molecule has 98 valence electrons. The van der Waals surface area contributed by atoms with Crippen LogP contribution in [0.4, 0.5) is 10.1 Å². The monoisotopic (exact) mass is 250 g/mol. The van der Waals surface area contributed by atoms with E-state index in [0.717, 1.165) is 18.5 Å². The molecule has 1 aromatic carbocycles. The van der Waals surface area contributed by atoms with Crippen LogP contribution in [0.1, 0.15) is 25.7 Å². The average molecular weight is 250 g/mol. The molecule has 2 saturated heterocycles. The van der Waals surface area contributed by atoms with E-state index in [-0.39, 0.29) is 5.82 Å². The van der Waals surface area contributed by atoms with Crippen LogP contribution in [0.2, 0.25) is 0 Å². The molecule has 3 nitrogen and oxygen atoms in total. The minimum Gasteiger partial charge on any atom is -0.494 e. The van der Waals surface area contributed by atoms with Gasteiger partial charge in [-0.25, -0.2) is 4.39 Å². The second kappa shape index (κ2) is 4.76. The first kappa shape index (κ1) is 11.8. The highest BCUT2D eigenvalue weighted by Gasteiger charge is 2.33. The molecule has 2 N–H and O–H groups in total. The van der Waals surface area contributed by atoms with Crippen LogP contribution in [-0.4, -0.2) is 25.2 Å². The summed E-state index contributed by atoms with van der Waals surface area (Å²) >= 11 is 0. The first-order valence-corrected chi connectivity index (χ1v) is 6.60. The lowest BCUT2D eigenvalue weighted by Gasteiger charge is -2.30. The molecule has 0 saturated carbocycles. The molecule has 2 heterocycles. The SMILES string of the molecule is COc1cc(NC2CC3CCC(C2)N3)ccc1F. The summed E-state index contributed by atoms with van der Waals surface area (Å²) in [6.45, 7) is 0. The van der Waals surface area contributed by atoms with Gasteiger partial charge in [-0.05, 0) is 37.8 Å². The Morgan fingerprint density at radius 1 is 1.28 bits per heavy atom. The third kappa shape index (κ3) is 2.29. The van der Waals surface area contributed by atoms with E-state index >= 15 is 0 Å². The van der Waals surface area contributed by atoms with Gasteiger partial charge in [0.2, 0.25) is 0 Å². The van der Waals surface area contributed by atoms with E-state index in [1.165, 1.54) is 26.0 Å². The van der Waals surface area contributed by atoms with Crippen molar-refractivity contribution < 1.29 is 9.13 Å². The number of anilines is 1. The van der Waals surface area contributed by atoms with E-state index in [1.807, 2.05) is 0 Å². The Bertz CT molecular complexity index is 426. The highest BCUT2D eigenvalue weighted by Crippen LogP contribution is 2.30. The number of rotatable bonds is 3. The molecule has 2 bridgehead atoms. The van der Waals surface area contributed by atoms with Crippen LogP contribution in [0, 0.1) is 5.82 Å². The van der Waals surface area contributed by atoms with Gasteiger partial charge in [0.05, 0.1) is 7.11 Å². The number of nitrogens with one attached hydrogen (secondary N) is 2. The summed E-state index contributed by atoms with van der Waals surface area (Å²) in [6, 6.07) is 6.77. The third-order valence-electron chi connectivity index (χ3n) is 3.99. The second-order valence-corrected chi connectivity index (χ2v) is 5.30. The molecule has 0 aliphatic carbocycles. The van der Waals surface area contributed by atoms with Gasteiger partial charge in [0.15, 0.2) is 11.6 Å². The number of hydrogen-bond acceptors (Lipinski definition) is 3. The van der Waals surface area contributed by atoms with Gasteiger partial charge in [-0.15, -0.1) is 0 Å². The minimum absolute atomic E-state index is 0.303. The van der Waals surface area contributed by atoms with Crippen LogP contribution in [-0.2, 0) is 0 Å². The van der Waals surface area contributed by atoms with Gasteiger partial charge in [0, 0.05) is 29.9 Å². The Morgan fingerprint density at radius 2 is 2.00 bits per heavy atom. The van der Waals surface area contributed by atoms with Crippen molar-refractivity contribution in [1.29, 1.82) is 0 Å². The summed E-state index contributed by atoms with van der Waals surface area (Å²) in [4.78, 5) is 0. The lowest BCUT2D eigenvalue weighted by molar-refractivity contribution is 0.376. The highest BCUT2D eigenvalue weighted by molar-refractivity contribution is 5.49. The second-order valence-electron chi connectivity index (χ2n) is 5.30. The zero-order chi connectivity index (χ0) is 12.5. The molecule has 2 aliphatic rings. The predicted octanol–water partition coefficient (Wildman–Crippen LogP) is 2.53. The molecule has 2 fully saturated rings. The Hall–Kier alpha value is -1.29. The Kier molecular flexibility index (Phi) is 3.12. The summed E-state index contributed by atoms with van der Waals surface area (Å²) in [5.41, 5.74) is 0.944. The number of fused-ring (bicyclic) bond motifs is 2. The predicted molar refractivity (Wildman–Crippen MR) is 69.5 cm³/mol. The molecule has 3 rings (SSSR count). The van der Waals surface area contributed by atoms with Crippen LogP contribution >= 0.6 is 0 Å². The fraction of sp³-hybridized carbons (Fsp3) is 0.571. The van der Waals surface area contributed by atoms with Gasteiger partial charge in [-0.3, -0.25) is 0 Å². The molecule has 2 unspecified atom stereocenters. The maximum absolute atomic E-state index is 13.3. The number of methoxy groups -OCH3 is 1. The molecule has 0 amide bonds. The van der Waals surface area contributed by atoms with Crippen molar-refractivity contribution in [2.45, 2.75) is 43.8 Å². The maximum Gasteiger partial charge on any atom is 0.165 e. The molecule has 0 aromatic heterocycles. The van der Waals surface area contributed by atoms with Gasteiger partial charge >= 0.3 is 0 Å². The lowest BCUT2D eigenvalue weighted by Crippen LogP contribution is -2.43. The molecule has 4 heteroatoms. The standard InChI is InChI=1S/C14H19FN2O/c1-18-14-8-11(4-5-13(14)15)17-12-6-9-2-3-10(7-12)16-9/h4-5,8-10,12,16-17H,2-3,6-7H2,1H3. The van der Waals surface area contributed by atoms with Crippen LogP contribution in [0.15, 0.2) is 18.2 Å². The Morgan fingerprint density at radius 3 is 2.67 bits per heavy atom. The number of ether oxygens (including phenoxy) is 1. The van der Waals surface area contributed by atoms with E-state index < -0.39 is 0 Å². The van der Waals surface area contributed by atoms with Crippen molar-refractivity contribution in [3.63, 3.8) is 0 Å². The van der Waals surface area contributed by atoms with Gasteiger partial charge in [0.1, 0.15) is 0 Å². The topological polar surface area (TPSA) is 33.3 Å². The summed E-state index contributed by atoms with van der Waals surface area (Å²) in [6.07, 6.45) is 4.87. The number of halogens is 1. The Balaban J connectivity index is 1.69. The zero-order valence-corrected chi connectivity index (χ0v) is 10.6. The molecular formula is C14H19FN2O. The molecular weight excluding hydrogens is 231 g/mol. The summed E-state index contributed by atoms with van der Waals surface area (Å²) in [5.74, 6) is -0.00895. The van der Waals surface area contributed by atoms with E-state index in [4.69, 9.17) is 4.74 Å². The summed E-state index contributed by atoms with van der Waals surface area (Å²) < 4.78 is 18.3. The van der Waals surface area contributed by atoms with Crippen molar-refractivity contribution in [1.82, 2.24) is 5.32 Å². The van der Waals surface area contributed by atoms with E-state index in [0.29, 0.717) is 23.9 Å². The first-order chi connectivity index (χ1) is 8.74. The quantitative estimate of drug-likeness (QED) is 0.865. The maximum atomic E-state index is 13.3. The zero-order valence-electron chi connectivity index (χ0n) is 10.6. The van der Waals surface area contributed by atoms with E-state index in [2.05, 4.69) is 10.6 Å². The molecule has 0 radical (unpaired) electrons. The number of piperidine rings is 1. The van der Waals surface area contributed by atoms with Gasteiger partial charge in [-0.1, -0.05) is 0 Å². The van der Waals surface area contributed by atoms with Crippen molar-refractivity contribution >= 4 is 5.69 Å². The largest absolute Gasteiger partial charge is 0.494 e. The van der Waals surface area contributed by atoms with Crippen LogP contribution < -0.4 is 15.4 Å². The van der Waals surface area contributed by atoms with Crippen molar-refractivity contribution in [2.75, 3.05) is 12.4 Å². The summed E-state index contributed by atoms with van der Waals surface area (Å²) in [7, 11) is 1.49. The fourth-order valence-electron chi connectivity index (χ4n) is 3.16. The summed E-state index contributed by atoms with van der Waals surface area (Å²) in [5, 5.41) is 7.11. The van der Waals surface area contributed by atoms with E-state index in [1.54, 1.807) is 12.1 Å². The highest BCUT2D eigenvalue weighted by atomic mass is 19.1. The average Bonchev–Trinajstić information content (AvgIpc) is 2.71. The van der Waals surface area contributed by atoms with Crippen LogP contribution in [0.3, 0.4) is 0 Å². The number of hydrogen-bond donors (Lipinski definition) is 2. The normalized spacial score (nSPS) is 30.2. The molecule has 0 spiro atoms. The van der Waals surface area contributed by atoms with Crippen molar-refractivity contribution in [3.8, 4) is 5.75 Å². The lowest BCUT2D eigenvalue weighted by atomic mass is 9.99. The number of benzene rings is 1.